The standard InChI is InChI=1S/C7H14O4Si/c1-6(2)7(8)11-5-12(9-3)10-4/h12H,1,5H2,2-4H3. The molecule has 0 saturated heterocycles. The highest BCUT2D eigenvalue weighted by molar-refractivity contribution is 6.44. The number of esters is 1. The molecule has 0 aromatic carbocycles. The molecule has 0 rings (SSSR count). The van der Waals surface area contributed by atoms with E-state index in [2.05, 4.69) is 6.58 Å². The Labute approximate surface area is 74.0 Å². The fraction of sp³-hybridized carbons (Fsp3) is 0.571. The van der Waals surface area contributed by atoms with Crippen molar-refractivity contribution < 1.29 is 18.4 Å². The van der Waals surface area contributed by atoms with Crippen molar-refractivity contribution in [3.63, 3.8) is 0 Å². The molecule has 0 atom stereocenters. The summed E-state index contributed by atoms with van der Waals surface area (Å²) in [4.78, 5) is 10.9. The van der Waals surface area contributed by atoms with Crippen LogP contribution in [0.2, 0.25) is 0 Å². The molecule has 0 unspecified atom stereocenters. The van der Waals surface area contributed by atoms with Crippen LogP contribution in [-0.2, 0) is 18.4 Å². The lowest BCUT2D eigenvalue weighted by molar-refractivity contribution is -0.137. The van der Waals surface area contributed by atoms with E-state index in [1.165, 1.54) is 14.2 Å². The van der Waals surface area contributed by atoms with Crippen molar-refractivity contribution in [3.8, 4) is 0 Å². The predicted octanol–water partition coefficient (Wildman–Crippen LogP) is 0.158. The molecule has 0 aliphatic heterocycles. The Bertz CT molecular complexity index is 165. The topological polar surface area (TPSA) is 44.8 Å². The molecule has 12 heavy (non-hydrogen) atoms. The van der Waals surface area contributed by atoms with E-state index in [4.69, 9.17) is 13.6 Å². The minimum absolute atomic E-state index is 0.221. The third kappa shape index (κ3) is 4.27. The van der Waals surface area contributed by atoms with Gasteiger partial charge in [0.25, 0.3) is 0 Å². The summed E-state index contributed by atoms with van der Waals surface area (Å²) in [6, 6.07) is 0. The monoisotopic (exact) mass is 190 g/mol. The summed E-state index contributed by atoms with van der Waals surface area (Å²) in [6.07, 6.45) is 0.221. The van der Waals surface area contributed by atoms with Crippen molar-refractivity contribution in [2.75, 3.05) is 20.4 Å². The highest BCUT2D eigenvalue weighted by atomic mass is 28.3. The quantitative estimate of drug-likeness (QED) is 0.352. The molecule has 0 heterocycles. The van der Waals surface area contributed by atoms with Gasteiger partial charge in [-0.3, -0.25) is 0 Å². The van der Waals surface area contributed by atoms with Crippen LogP contribution in [0.4, 0.5) is 0 Å². The van der Waals surface area contributed by atoms with Crippen molar-refractivity contribution >= 4 is 15.3 Å². The van der Waals surface area contributed by atoms with Crippen LogP contribution in [0.5, 0.6) is 0 Å². The van der Waals surface area contributed by atoms with E-state index in [0.29, 0.717) is 5.57 Å². The Balaban J connectivity index is 3.66. The molecule has 0 spiro atoms. The first-order chi connectivity index (χ1) is 5.61. The molecule has 4 nitrogen and oxygen atoms in total. The van der Waals surface area contributed by atoms with Gasteiger partial charge in [-0.25, -0.2) is 4.79 Å². The SMILES string of the molecule is C=C(C)C(=O)OC[SiH](OC)OC. The Morgan fingerprint density at radius 2 is 1.92 bits per heavy atom. The molecule has 0 bridgehead atoms. The second-order valence-electron chi connectivity index (χ2n) is 2.28. The van der Waals surface area contributed by atoms with E-state index in [9.17, 15) is 4.79 Å². The van der Waals surface area contributed by atoms with Crippen molar-refractivity contribution in [2.45, 2.75) is 6.92 Å². The molecule has 70 valence electrons. The van der Waals surface area contributed by atoms with Gasteiger partial charge in [0, 0.05) is 19.8 Å². The average Bonchev–Trinajstić information content (AvgIpc) is 2.05. The molecule has 0 aromatic rings. The third-order valence-electron chi connectivity index (χ3n) is 1.22. The zero-order valence-electron chi connectivity index (χ0n) is 7.62. The molecule has 0 aromatic heterocycles. The van der Waals surface area contributed by atoms with Crippen molar-refractivity contribution in [1.82, 2.24) is 0 Å². The van der Waals surface area contributed by atoms with E-state index in [0.717, 1.165) is 0 Å². The fourth-order valence-corrected chi connectivity index (χ4v) is 1.25. The van der Waals surface area contributed by atoms with Crippen LogP contribution in [0.1, 0.15) is 6.92 Å². The number of rotatable bonds is 5. The van der Waals surface area contributed by atoms with Gasteiger partial charge in [-0.15, -0.1) is 0 Å². The van der Waals surface area contributed by atoms with Gasteiger partial charge in [-0.2, -0.15) is 0 Å². The minimum atomic E-state index is -1.77. The molecular formula is C7H14O4Si. The fourth-order valence-electron chi connectivity index (χ4n) is 0.499. The summed E-state index contributed by atoms with van der Waals surface area (Å²) in [5.41, 5.74) is 0.384. The van der Waals surface area contributed by atoms with Gasteiger partial charge in [-0.1, -0.05) is 6.58 Å². The third-order valence-corrected chi connectivity index (χ3v) is 2.72. The zero-order chi connectivity index (χ0) is 9.56. The van der Waals surface area contributed by atoms with E-state index in [1.807, 2.05) is 0 Å². The first kappa shape index (κ1) is 11.3. The lowest BCUT2D eigenvalue weighted by Gasteiger charge is -2.10. The lowest BCUT2D eigenvalue weighted by atomic mass is 10.4. The van der Waals surface area contributed by atoms with Gasteiger partial charge in [-0.05, 0) is 6.92 Å². The van der Waals surface area contributed by atoms with Gasteiger partial charge in [0.05, 0.1) is 0 Å². The molecule has 0 radical (unpaired) electrons. The Hall–Kier alpha value is -0.653. The number of ether oxygens (including phenoxy) is 1. The summed E-state index contributed by atoms with van der Waals surface area (Å²) >= 11 is 0. The highest BCUT2D eigenvalue weighted by Crippen LogP contribution is 1.94. The van der Waals surface area contributed by atoms with Gasteiger partial charge < -0.3 is 13.6 Å². The maximum absolute atomic E-state index is 10.9. The minimum Gasteiger partial charge on any atom is -0.461 e. The smallest absolute Gasteiger partial charge is 0.360 e. The second kappa shape index (κ2) is 5.93. The van der Waals surface area contributed by atoms with Gasteiger partial charge >= 0.3 is 15.3 Å². The van der Waals surface area contributed by atoms with Crippen LogP contribution >= 0.6 is 0 Å². The largest absolute Gasteiger partial charge is 0.461 e. The molecule has 0 saturated carbocycles. The van der Waals surface area contributed by atoms with Crippen molar-refractivity contribution in [3.05, 3.63) is 12.2 Å². The number of carbonyl (C=O) groups is 1. The molecular weight excluding hydrogens is 176 g/mol. The maximum Gasteiger partial charge on any atom is 0.360 e. The van der Waals surface area contributed by atoms with E-state index in [-0.39, 0.29) is 6.23 Å². The molecule has 0 aliphatic carbocycles. The highest BCUT2D eigenvalue weighted by Gasteiger charge is 2.13. The normalized spacial score (nSPS) is 10.0. The molecule has 0 amide bonds. The van der Waals surface area contributed by atoms with Crippen LogP contribution in [0, 0.1) is 0 Å². The Morgan fingerprint density at radius 3 is 2.25 bits per heavy atom. The van der Waals surface area contributed by atoms with Crippen molar-refractivity contribution in [1.29, 1.82) is 0 Å². The lowest BCUT2D eigenvalue weighted by Crippen LogP contribution is -2.28. The van der Waals surface area contributed by atoms with E-state index in [1.54, 1.807) is 6.92 Å². The number of hydrogen-bond donors (Lipinski definition) is 0. The van der Waals surface area contributed by atoms with Crippen LogP contribution in [0.15, 0.2) is 12.2 Å². The van der Waals surface area contributed by atoms with Crippen LogP contribution < -0.4 is 0 Å². The number of carbonyl (C=O) groups excluding carboxylic acids is 1. The summed E-state index contributed by atoms with van der Waals surface area (Å²) in [5.74, 6) is -0.401. The van der Waals surface area contributed by atoms with Crippen LogP contribution in [0.25, 0.3) is 0 Å². The summed E-state index contributed by atoms with van der Waals surface area (Å²) in [5, 5.41) is 0. The number of hydrogen-bond acceptors (Lipinski definition) is 4. The van der Waals surface area contributed by atoms with Crippen LogP contribution in [0.3, 0.4) is 0 Å². The Morgan fingerprint density at radius 1 is 1.42 bits per heavy atom. The van der Waals surface area contributed by atoms with E-state index >= 15 is 0 Å². The average molecular weight is 190 g/mol. The van der Waals surface area contributed by atoms with Crippen molar-refractivity contribution in [2.24, 2.45) is 0 Å². The second-order valence-corrected chi connectivity index (χ2v) is 4.42. The van der Waals surface area contributed by atoms with E-state index < -0.39 is 15.3 Å². The zero-order valence-corrected chi connectivity index (χ0v) is 8.78. The maximum atomic E-state index is 10.9. The van der Waals surface area contributed by atoms with Crippen LogP contribution in [-0.4, -0.2) is 35.7 Å². The predicted molar refractivity (Wildman–Crippen MR) is 46.9 cm³/mol. The van der Waals surface area contributed by atoms with Gasteiger partial charge in [0.2, 0.25) is 0 Å². The molecule has 0 fully saturated rings. The van der Waals surface area contributed by atoms with Gasteiger partial charge in [0.1, 0.15) is 6.23 Å². The first-order valence-corrected chi connectivity index (χ1v) is 5.26. The molecule has 0 aliphatic rings. The summed E-state index contributed by atoms with van der Waals surface area (Å²) < 4.78 is 14.7. The summed E-state index contributed by atoms with van der Waals surface area (Å²) in [6.45, 7) is 5.04. The van der Waals surface area contributed by atoms with Gasteiger partial charge in [0.15, 0.2) is 0 Å². The molecule has 5 heteroatoms. The molecule has 0 N–H and O–H groups in total. The Kier molecular flexibility index (Phi) is 5.61. The first-order valence-electron chi connectivity index (χ1n) is 3.50. The summed E-state index contributed by atoms with van der Waals surface area (Å²) in [7, 11) is 1.30.